The Morgan fingerprint density at radius 1 is 1.38 bits per heavy atom. The Morgan fingerprint density at radius 2 is 2.00 bits per heavy atom. The number of carbonyl (C=O) groups is 1. The van der Waals surface area contributed by atoms with Crippen LogP contribution in [0, 0.1) is 12.3 Å². The molecule has 0 fully saturated rings. The fraction of sp³-hybridized carbons (Fsp3) is 0.455. The number of carbonyl (C=O) groups excluding carboxylic acids is 1. The van der Waals surface area contributed by atoms with Gasteiger partial charge in [-0.3, -0.25) is 9.78 Å². The lowest BCUT2D eigenvalue weighted by molar-refractivity contribution is 0.0853. The molecule has 1 rings (SSSR count). The Labute approximate surface area is 79.0 Å². The van der Waals surface area contributed by atoms with Crippen LogP contribution in [0.3, 0.4) is 0 Å². The maximum atomic E-state index is 11.8. The molecule has 0 aliphatic heterocycles. The fourth-order valence-electron chi connectivity index (χ4n) is 1.04. The van der Waals surface area contributed by atoms with Crippen molar-refractivity contribution in [2.45, 2.75) is 27.7 Å². The van der Waals surface area contributed by atoms with Crippen molar-refractivity contribution >= 4 is 5.78 Å². The minimum atomic E-state index is -0.346. The molecular formula is C11H15NO. The molecule has 70 valence electrons. The Bertz CT molecular complexity index is 323. The van der Waals surface area contributed by atoms with Crippen molar-refractivity contribution in [1.29, 1.82) is 0 Å². The smallest absolute Gasteiger partial charge is 0.186 e. The third kappa shape index (κ3) is 2.38. The van der Waals surface area contributed by atoms with Crippen molar-refractivity contribution in [3.8, 4) is 0 Å². The van der Waals surface area contributed by atoms with Gasteiger partial charge in [0, 0.05) is 11.6 Å². The number of pyridine rings is 1. The molecule has 0 amide bonds. The molecule has 0 spiro atoms. The molecule has 0 aliphatic rings. The molecule has 0 aromatic carbocycles. The number of hydrogen-bond acceptors (Lipinski definition) is 2. The van der Waals surface area contributed by atoms with Crippen LogP contribution in [0.4, 0.5) is 0 Å². The Balaban J connectivity index is 3.03. The standard InChI is InChI=1S/C11H15NO/c1-8-5-6-12-9(7-8)10(13)11(2,3)4/h5-7H,1-4H3. The summed E-state index contributed by atoms with van der Waals surface area (Å²) in [6.07, 6.45) is 1.67. The number of nitrogens with zero attached hydrogens (tertiary/aromatic N) is 1. The van der Waals surface area contributed by atoms with E-state index < -0.39 is 0 Å². The largest absolute Gasteiger partial charge is 0.292 e. The van der Waals surface area contributed by atoms with Gasteiger partial charge in [-0.2, -0.15) is 0 Å². The highest BCUT2D eigenvalue weighted by Crippen LogP contribution is 2.19. The molecule has 2 heteroatoms. The summed E-state index contributed by atoms with van der Waals surface area (Å²) in [5.74, 6) is 0.0937. The zero-order valence-electron chi connectivity index (χ0n) is 8.59. The summed E-state index contributed by atoms with van der Waals surface area (Å²) in [7, 11) is 0. The van der Waals surface area contributed by atoms with Gasteiger partial charge in [0.2, 0.25) is 0 Å². The molecular weight excluding hydrogens is 162 g/mol. The lowest BCUT2D eigenvalue weighted by Crippen LogP contribution is -2.21. The van der Waals surface area contributed by atoms with Gasteiger partial charge in [0.25, 0.3) is 0 Å². The van der Waals surface area contributed by atoms with Crippen LogP contribution in [-0.4, -0.2) is 10.8 Å². The Hall–Kier alpha value is -1.18. The summed E-state index contributed by atoms with van der Waals surface area (Å²) >= 11 is 0. The predicted molar refractivity (Wildman–Crippen MR) is 52.8 cm³/mol. The van der Waals surface area contributed by atoms with Crippen molar-refractivity contribution in [1.82, 2.24) is 4.98 Å². The van der Waals surface area contributed by atoms with E-state index in [0.29, 0.717) is 5.69 Å². The van der Waals surface area contributed by atoms with Crippen LogP contribution in [0.5, 0.6) is 0 Å². The minimum Gasteiger partial charge on any atom is -0.292 e. The van der Waals surface area contributed by atoms with E-state index in [1.807, 2.05) is 39.8 Å². The molecule has 1 heterocycles. The number of hydrogen-bond donors (Lipinski definition) is 0. The van der Waals surface area contributed by atoms with Gasteiger partial charge < -0.3 is 0 Å². The van der Waals surface area contributed by atoms with E-state index in [0.717, 1.165) is 5.56 Å². The first kappa shape index (κ1) is 9.90. The topological polar surface area (TPSA) is 30.0 Å². The molecule has 0 aliphatic carbocycles. The Kier molecular flexibility index (Phi) is 2.50. The summed E-state index contributed by atoms with van der Waals surface area (Å²) in [6, 6.07) is 3.72. The van der Waals surface area contributed by atoms with Crippen LogP contribution in [-0.2, 0) is 0 Å². The molecule has 0 radical (unpaired) electrons. The second-order valence-corrected chi connectivity index (χ2v) is 4.30. The van der Waals surface area contributed by atoms with Gasteiger partial charge in [0.15, 0.2) is 5.78 Å². The van der Waals surface area contributed by atoms with E-state index in [9.17, 15) is 4.79 Å². The monoisotopic (exact) mass is 177 g/mol. The SMILES string of the molecule is Cc1ccnc(C(=O)C(C)(C)C)c1. The average Bonchev–Trinajstić information content (AvgIpc) is 2.01. The number of rotatable bonds is 1. The molecule has 0 unspecified atom stereocenters. The maximum absolute atomic E-state index is 11.8. The molecule has 0 atom stereocenters. The van der Waals surface area contributed by atoms with Crippen molar-refractivity contribution in [2.24, 2.45) is 5.41 Å². The lowest BCUT2D eigenvalue weighted by atomic mass is 9.88. The molecule has 0 N–H and O–H groups in total. The highest BCUT2D eigenvalue weighted by Gasteiger charge is 2.23. The minimum absolute atomic E-state index is 0.0937. The first-order chi connectivity index (χ1) is 5.91. The second-order valence-electron chi connectivity index (χ2n) is 4.30. The summed E-state index contributed by atoms with van der Waals surface area (Å²) in [6.45, 7) is 7.67. The van der Waals surface area contributed by atoms with Gasteiger partial charge >= 0.3 is 0 Å². The molecule has 0 saturated carbocycles. The maximum Gasteiger partial charge on any atom is 0.186 e. The first-order valence-electron chi connectivity index (χ1n) is 4.39. The van der Waals surface area contributed by atoms with Crippen molar-refractivity contribution in [3.05, 3.63) is 29.6 Å². The van der Waals surface area contributed by atoms with Gasteiger partial charge in [-0.1, -0.05) is 20.8 Å². The van der Waals surface area contributed by atoms with Crippen LogP contribution in [0.25, 0.3) is 0 Å². The van der Waals surface area contributed by atoms with Gasteiger partial charge in [0.1, 0.15) is 5.69 Å². The van der Waals surface area contributed by atoms with Crippen LogP contribution >= 0.6 is 0 Å². The molecule has 2 nitrogen and oxygen atoms in total. The first-order valence-corrected chi connectivity index (χ1v) is 4.39. The van der Waals surface area contributed by atoms with Gasteiger partial charge in [-0.05, 0) is 24.6 Å². The van der Waals surface area contributed by atoms with E-state index in [1.165, 1.54) is 0 Å². The highest BCUT2D eigenvalue weighted by atomic mass is 16.1. The zero-order valence-corrected chi connectivity index (χ0v) is 8.59. The van der Waals surface area contributed by atoms with Crippen LogP contribution in [0.15, 0.2) is 18.3 Å². The predicted octanol–water partition coefficient (Wildman–Crippen LogP) is 2.62. The van der Waals surface area contributed by atoms with Crippen LogP contribution < -0.4 is 0 Å². The van der Waals surface area contributed by atoms with Crippen molar-refractivity contribution in [2.75, 3.05) is 0 Å². The highest BCUT2D eigenvalue weighted by molar-refractivity contribution is 5.98. The van der Waals surface area contributed by atoms with Gasteiger partial charge in [-0.25, -0.2) is 0 Å². The quantitative estimate of drug-likeness (QED) is 0.617. The number of ketones is 1. The lowest BCUT2D eigenvalue weighted by Gasteiger charge is -2.15. The van der Waals surface area contributed by atoms with Crippen LogP contribution in [0.2, 0.25) is 0 Å². The summed E-state index contributed by atoms with van der Waals surface area (Å²) < 4.78 is 0. The average molecular weight is 177 g/mol. The zero-order chi connectivity index (χ0) is 10.1. The van der Waals surface area contributed by atoms with E-state index in [1.54, 1.807) is 6.20 Å². The summed E-state index contributed by atoms with van der Waals surface area (Å²) in [4.78, 5) is 15.8. The molecule has 0 bridgehead atoms. The van der Waals surface area contributed by atoms with Crippen molar-refractivity contribution in [3.63, 3.8) is 0 Å². The third-order valence-electron chi connectivity index (χ3n) is 1.83. The Morgan fingerprint density at radius 3 is 2.46 bits per heavy atom. The van der Waals surface area contributed by atoms with Crippen molar-refractivity contribution < 1.29 is 4.79 Å². The number of aromatic nitrogens is 1. The normalized spacial score (nSPS) is 11.4. The molecule has 0 saturated heterocycles. The second kappa shape index (κ2) is 3.29. The third-order valence-corrected chi connectivity index (χ3v) is 1.83. The van der Waals surface area contributed by atoms with Gasteiger partial charge in [-0.15, -0.1) is 0 Å². The van der Waals surface area contributed by atoms with Crippen LogP contribution in [0.1, 0.15) is 36.8 Å². The number of Topliss-reactive ketones (excluding diaryl/α,β-unsaturated/α-hetero) is 1. The summed E-state index contributed by atoms with van der Waals surface area (Å²) in [5, 5.41) is 0. The van der Waals surface area contributed by atoms with E-state index >= 15 is 0 Å². The molecule has 1 aromatic rings. The molecule has 1 aromatic heterocycles. The molecule has 13 heavy (non-hydrogen) atoms. The fourth-order valence-corrected chi connectivity index (χ4v) is 1.04. The summed E-state index contributed by atoms with van der Waals surface area (Å²) in [5.41, 5.74) is 1.29. The van der Waals surface area contributed by atoms with E-state index in [2.05, 4.69) is 4.98 Å². The van der Waals surface area contributed by atoms with Gasteiger partial charge in [0.05, 0.1) is 0 Å². The van der Waals surface area contributed by atoms with E-state index in [-0.39, 0.29) is 11.2 Å². The number of aryl methyl sites for hydroxylation is 1. The van der Waals surface area contributed by atoms with E-state index in [4.69, 9.17) is 0 Å².